The molecule has 2 aromatic carbocycles. The number of ether oxygens (including phenoxy) is 8. The molecule has 0 radical (unpaired) electrons. The van der Waals surface area contributed by atoms with Crippen LogP contribution in [0, 0.1) is 16.7 Å². The summed E-state index contributed by atoms with van der Waals surface area (Å²) in [6.45, 7) is 16.8. The first-order chi connectivity index (χ1) is 29.5. The molecule has 1 aliphatic heterocycles. The number of ketones is 1. The first kappa shape index (κ1) is 47.2. The summed E-state index contributed by atoms with van der Waals surface area (Å²) in [7, 11) is 2.49. The molecule has 3 fully saturated rings. The number of aliphatic hydroxyl groups is 2. The van der Waals surface area contributed by atoms with Crippen molar-refractivity contribution < 1.29 is 72.1 Å². The third-order valence-electron chi connectivity index (χ3n) is 13.2. The van der Waals surface area contributed by atoms with E-state index in [1.807, 2.05) is 0 Å². The van der Waals surface area contributed by atoms with E-state index >= 15 is 4.79 Å². The second kappa shape index (κ2) is 17.4. The lowest BCUT2D eigenvalue weighted by Gasteiger charge is -2.68. The number of esters is 2. The molecule has 2 aromatic rings. The van der Waals surface area contributed by atoms with Crippen molar-refractivity contribution in [2.75, 3.05) is 20.8 Å². The lowest BCUT2D eigenvalue weighted by molar-refractivity contribution is -0.349. The standard InChI is InChI=1S/C47H59NO15/c1-25(2)62-46-24-58-31(46)22-30(56-10)45(9)36(46)38(61-39(51)28-20-16-13-17-21-28)47(55)23-29(26(3)32(44(47,7)8)35(37(45)50)60-42(54)57-11)59-40(52)34(49)33(27-18-14-12-15-19-27)48-41(53)63-43(4,5)6/h12-21,29-31,33-36,38,49,55H,1,22-24H2,2-11H3,(H,48,53)/t29-,30-,31+,33-,34+,35+,36-,38-,45+,46-,47+/m0/s1. The molecule has 16 nitrogen and oxygen atoms in total. The molecule has 2 bridgehead atoms. The predicted molar refractivity (Wildman–Crippen MR) is 224 cm³/mol. The summed E-state index contributed by atoms with van der Waals surface area (Å²) in [6.07, 6.45) is -11.2. The largest absolute Gasteiger partial charge is 0.509 e. The summed E-state index contributed by atoms with van der Waals surface area (Å²) in [5, 5.41) is 28.2. The van der Waals surface area contributed by atoms with Gasteiger partial charge in [-0.05, 0) is 70.4 Å². The Labute approximate surface area is 367 Å². The van der Waals surface area contributed by atoms with Gasteiger partial charge in [0.25, 0.3) is 0 Å². The van der Waals surface area contributed by atoms with E-state index in [0.29, 0.717) is 5.56 Å². The van der Waals surface area contributed by atoms with Crippen LogP contribution in [-0.4, -0.2) is 114 Å². The van der Waals surface area contributed by atoms with Crippen molar-refractivity contribution in [1.82, 2.24) is 5.32 Å². The average Bonchev–Trinajstić information content (AvgIpc) is 3.21. The van der Waals surface area contributed by atoms with Crippen molar-refractivity contribution in [3.63, 3.8) is 0 Å². The molecule has 1 heterocycles. The van der Waals surface area contributed by atoms with Crippen molar-refractivity contribution in [3.05, 3.63) is 95.3 Å². The molecule has 342 valence electrons. The second-order valence-electron chi connectivity index (χ2n) is 18.5. The Hall–Kier alpha value is -5.29. The Bertz CT molecular complexity index is 2130. The van der Waals surface area contributed by atoms with Gasteiger partial charge in [0, 0.05) is 25.4 Å². The topological polar surface area (TPSA) is 212 Å². The third kappa shape index (κ3) is 8.33. The van der Waals surface area contributed by atoms with Gasteiger partial charge in [-0.15, -0.1) is 0 Å². The number of aliphatic hydroxyl groups excluding tert-OH is 1. The van der Waals surface area contributed by atoms with Crippen LogP contribution in [0.5, 0.6) is 0 Å². The summed E-state index contributed by atoms with van der Waals surface area (Å²) in [5.74, 6) is -3.85. The highest BCUT2D eigenvalue weighted by Gasteiger charge is 2.78. The molecule has 16 heteroatoms. The van der Waals surface area contributed by atoms with E-state index in [4.69, 9.17) is 37.9 Å². The van der Waals surface area contributed by atoms with Gasteiger partial charge in [-0.3, -0.25) is 4.79 Å². The fourth-order valence-corrected chi connectivity index (χ4v) is 10.2. The number of fused-ring (bicyclic) bond motifs is 5. The molecule has 6 rings (SSSR count). The van der Waals surface area contributed by atoms with Crippen molar-refractivity contribution in [2.24, 2.45) is 16.7 Å². The molecular formula is C47H59NO15. The minimum Gasteiger partial charge on any atom is -0.487 e. The van der Waals surface area contributed by atoms with Gasteiger partial charge >= 0.3 is 24.2 Å². The zero-order valence-electron chi connectivity index (χ0n) is 37.4. The fraction of sp³-hybridized carbons (Fsp3) is 0.553. The Morgan fingerprint density at radius 2 is 1.57 bits per heavy atom. The Kier molecular flexibility index (Phi) is 13.0. The molecular weight excluding hydrogens is 819 g/mol. The van der Waals surface area contributed by atoms with Gasteiger partial charge in [-0.2, -0.15) is 0 Å². The maximum absolute atomic E-state index is 15.8. The first-order valence-corrected chi connectivity index (χ1v) is 20.9. The van der Waals surface area contributed by atoms with E-state index in [1.54, 1.807) is 104 Å². The number of amides is 1. The molecule has 11 atom stereocenters. The van der Waals surface area contributed by atoms with Gasteiger partial charge in [0.1, 0.15) is 29.5 Å². The smallest absolute Gasteiger partial charge is 0.487 e. The summed E-state index contributed by atoms with van der Waals surface area (Å²) in [6, 6.07) is 14.9. The fourth-order valence-electron chi connectivity index (χ4n) is 10.2. The highest BCUT2D eigenvalue weighted by molar-refractivity contribution is 5.95. The van der Waals surface area contributed by atoms with Crippen LogP contribution in [0.3, 0.4) is 0 Å². The maximum atomic E-state index is 15.8. The van der Waals surface area contributed by atoms with Gasteiger partial charge in [0.15, 0.2) is 23.6 Å². The number of benzene rings is 2. The van der Waals surface area contributed by atoms with E-state index in [0.717, 1.165) is 7.11 Å². The quantitative estimate of drug-likeness (QED) is 0.107. The molecule has 3 N–H and O–H groups in total. The summed E-state index contributed by atoms with van der Waals surface area (Å²) in [4.78, 5) is 70.9. The van der Waals surface area contributed by atoms with Crippen LogP contribution in [-0.2, 0) is 47.5 Å². The van der Waals surface area contributed by atoms with E-state index in [2.05, 4.69) is 11.9 Å². The molecule has 0 spiro atoms. The zero-order chi connectivity index (χ0) is 46.4. The van der Waals surface area contributed by atoms with E-state index < -0.39 is 113 Å². The number of allylic oxidation sites excluding steroid dienone is 1. The number of methoxy groups -OCH3 is 2. The van der Waals surface area contributed by atoms with Gasteiger partial charge in [0.05, 0.1) is 48.5 Å². The summed E-state index contributed by atoms with van der Waals surface area (Å²) in [5.41, 5.74) is -7.40. The Balaban J connectivity index is 1.56. The van der Waals surface area contributed by atoms with Gasteiger partial charge < -0.3 is 53.4 Å². The maximum Gasteiger partial charge on any atom is 0.509 e. The molecule has 1 saturated heterocycles. The van der Waals surface area contributed by atoms with Crippen molar-refractivity contribution >= 4 is 30.0 Å². The number of nitrogens with one attached hydrogen (secondary N) is 1. The Morgan fingerprint density at radius 1 is 0.952 bits per heavy atom. The van der Waals surface area contributed by atoms with Crippen molar-refractivity contribution in [3.8, 4) is 0 Å². The van der Waals surface area contributed by atoms with Crippen LogP contribution in [0.4, 0.5) is 9.59 Å². The molecule has 4 aliphatic rings. The van der Waals surface area contributed by atoms with E-state index in [1.165, 1.54) is 19.2 Å². The minimum absolute atomic E-state index is 0.0302. The number of alkyl carbamates (subject to hydrolysis) is 1. The van der Waals surface area contributed by atoms with Crippen LogP contribution < -0.4 is 5.32 Å². The van der Waals surface area contributed by atoms with Crippen LogP contribution >= 0.6 is 0 Å². The number of rotatable bonds is 11. The highest BCUT2D eigenvalue weighted by Crippen LogP contribution is 2.65. The number of carbonyl (C=O) groups is 5. The number of hydrogen-bond acceptors (Lipinski definition) is 15. The van der Waals surface area contributed by atoms with Crippen LogP contribution in [0.1, 0.15) is 90.2 Å². The second-order valence-corrected chi connectivity index (χ2v) is 18.5. The molecule has 63 heavy (non-hydrogen) atoms. The Morgan fingerprint density at radius 3 is 2.11 bits per heavy atom. The summed E-state index contributed by atoms with van der Waals surface area (Å²) < 4.78 is 47.8. The van der Waals surface area contributed by atoms with Gasteiger partial charge in [0.2, 0.25) is 0 Å². The SMILES string of the molecule is C=C(C)O[C@@]12CO[C@@H]1C[C@H](OC)[C@@]1(C)C(=O)[C@H](OC(=O)OC)C3=C(C)[C@@H](OC(=O)[C@H](O)[C@@H](NC(=O)OC(C)(C)C)c4ccccc4)C[C@@](O)([C@@H](OC(=O)c4ccccc4)[C@H]21)C3(C)C. The van der Waals surface area contributed by atoms with Gasteiger partial charge in [-0.25, -0.2) is 19.2 Å². The average molecular weight is 878 g/mol. The van der Waals surface area contributed by atoms with Gasteiger partial charge in [-0.1, -0.05) is 69.0 Å². The molecule has 0 unspecified atom stereocenters. The molecule has 0 aromatic heterocycles. The van der Waals surface area contributed by atoms with E-state index in [-0.39, 0.29) is 35.5 Å². The first-order valence-electron chi connectivity index (χ1n) is 20.9. The molecule has 2 saturated carbocycles. The molecule has 1 amide bonds. The van der Waals surface area contributed by atoms with Crippen LogP contribution in [0.2, 0.25) is 0 Å². The lowest BCUT2D eigenvalue weighted by atomic mass is 9.44. The summed E-state index contributed by atoms with van der Waals surface area (Å²) >= 11 is 0. The predicted octanol–water partition coefficient (Wildman–Crippen LogP) is 5.69. The lowest BCUT2D eigenvalue weighted by Crippen LogP contribution is -2.81. The van der Waals surface area contributed by atoms with Crippen molar-refractivity contribution in [2.45, 2.75) is 128 Å². The van der Waals surface area contributed by atoms with E-state index in [9.17, 15) is 29.4 Å². The van der Waals surface area contributed by atoms with Crippen LogP contribution in [0.15, 0.2) is 84.1 Å². The number of Topliss-reactive ketones (excluding diaryl/α,β-unsaturated/α-hetero) is 1. The molecule has 3 aliphatic carbocycles. The normalized spacial score (nSPS) is 31.8. The number of hydrogen-bond donors (Lipinski definition) is 3. The third-order valence-corrected chi connectivity index (χ3v) is 13.2. The highest BCUT2D eigenvalue weighted by atomic mass is 16.7. The number of carbonyl (C=O) groups excluding carboxylic acids is 5. The minimum atomic E-state index is -2.30. The zero-order valence-corrected chi connectivity index (χ0v) is 37.4. The van der Waals surface area contributed by atoms with Crippen molar-refractivity contribution in [1.29, 1.82) is 0 Å². The van der Waals surface area contributed by atoms with Crippen LogP contribution in [0.25, 0.3) is 0 Å². The monoisotopic (exact) mass is 877 g/mol.